The fourth-order valence-corrected chi connectivity index (χ4v) is 5.87. The number of aromatic nitrogens is 1. The van der Waals surface area contributed by atoms with Crippen LogP contribution in [0.2, 0.25) is 0 Å². The van der Waals surface area contributed by atoms with Crippen molar-refractivity contribution in [3.05, 3.63) is 113 Å². The molecular weight excluding hydrogens is 538 g/mol. The van der Waals surface area contributed by atoms with Crippen LogP contribution in [0.15, 0.2) is 91.0 Å². The smallest absolute Gasteiger partial charge is 0.338 e. The maximum absolute atomic E-state index is 13.8. The van der Waals surface area contributed by atoms with Crippen molar-refractivity contribution in [2.24, 2.45) is 4.99 Å². The van der Waals surface area contributed by atoms with Gasteiger partial charge in [-0.15, -0.1) is 11.8 Å². The normalized spacial score (nSPS) is 15.2. The van der Waals surface area contributed by atoms with Crippen molar-refractivity contribution < 1.29 is 18.9 Å². The highest BCUT2D eigenvalue weighted by Crippen LogP contribution is 2.33. The second kappa shape index (κ2) is 10.9. The summed E-state index contributed by atoms with van der Waals surface area (Å²) in [5.74, 6) is 0.149. The van der Waals surface area contributed by atoms with Crippen molar-refractivity contribution in [1.29, 1.82) is 0 Å². The second-order valence-corrected chi connectivity index (χ2v) is 10.4. The summed E-state index contributed by atoms with van der Waals surface area (Å²) in [4.78, 5) is 43.8. The van der Waals surface area contributed by atoms with Gasteiger partial charge in [-0.25, -0.2) is 9.79 Å². The van der Waals surface area contributed by atoms with E-state index in [1.54, 1.807) is 62.0 Å². The summed E-state index contributed by atoms with van der Waals surface area (Å²) >= 11 is 2.77. The molecule has 5 rings (SSSR count). The molecule has 2 aromatic carbocycles. The third-order valence-electron chi connectivity index (χ3n) is 6.21. The van der Waals surface area contributed by atoms with Crippen LogP contribution in [0.5, 0.6) is 0 Å². The maximum Gasteiger partial charge on any atom is 0.338 e. The number of hydrogen-bond donors (Lipinski definition) is 0. The molecule has 2 aromatic heterocycles. The number of nitrogens with zero attached hydrogens (tertiary/aromatic N) is 3. The van der Waals surface area contributed by atoms with E-state index in [-0.39, 0.29) is 17.9 Å². The van der Waals surface area contributed by atoms with Crippen molar-refractivity contribution in [1.82, 2.24) is 4.57 Å². The highest BCUT2D eigenvalue weighted by Gasteiger charge is 2.33. The van der Waals surface area contributed by atoms with Crippen LogP contribution in [-0.2, 0) is 9.53 Å². The van der Waals surface area contributed by atoms with E-state index >= 15 is 0 Å². The Morgan fingerprint density at radius 1 is 1.21 bits per heavy atom. The predicted molar refractivity (Wildman–Crippen MR) is 149 cm³/mol. The highest BCUT2D eigenvalue weighted by atomic mass is 32.2. The number of para-hydroxylation sites is 1. The Hall–Kier alpha value is -4.22. The molecular formula is C28H23N3O6S2. The number of thioether (sulfide) groups is 1. The average molecular weight is 562 g/mol. The number of fused-ring (bicyclic) bond motifs is 1. The minimum absolute atomic E-state index is 0.0766. The first-order chi connectivity index (χ1) is 18.8. The van der Waals surface area contributed by atoms with Gasteiger partial charge in [-0.2, -0.15) is 0 Å². The fourth-order valence-electron chi connectivity index (χ4n) is 4.44. The first-order valence-electron chi connectivity index (χ1n) is 12.0. The molecule has 0 spiro atoms. The number of allylic oxidation sites excluding steroid dienone is 1. The minimum Gasteiger partial charge on any atom is -0.463 e. The maximum atomic E-state index is 13.8. The monoisotopic (exact) mass is 561 g/mol. The number of hydrogen-bond acceptors (Lipinski definition) is 9. The van der Waals surface area contributed by atoms with E-state index < -0.39 is 16.9 Å². The van der Waals surface area contributed by atoms with E-state index in [0.717, 1.165) is 10.5 Å². The molecule has 4 aromatic rings. The van der Waals surface area contributed by atoms with Crippen LogP contribution >= 0.6 is 23.1 Å². The molecule has 1 aliphatic heterocycles. The van der Waals surface area contributed by atoms with Gasteiger partial charge < -0.3 is 9.15 Å². The first kappa shape index (κ1) is 26.4. The quantitative estimate of drug-likeness (QED) is 0.139. The number of ether oxygens (including phenoxy) is 1. The van der Waals surface area contributed by atoms with E-state index in [4.69, 9.17) is 9.15 Å². The SMILES string of the molecule is CCOC(=O)C1=C(C)N=c2s/c(=C\c3ccc(-c4ccccc4[N+](=O)[O-])o3)c(=O)n2[C@@H]1c1ccc(SC)cc1. The van der Waals surface area contributed by atoms with Crippen LogP contribution in [0, 0.1) is 10.1 Å². The Morgan fingerprint density at radius 2 is 1.95 bits per heavy atom. The number of esters is 1. The van der Waals surface area contributed by atoms with Gasteiger partial charge in [0.15, 0.2) is 4.80 Å². The summed E-state index contributed by atoms with van der Waals surface area (Å²) in [6, 6.07) is 16.6. The fraction of sp³-hybridized carbons (Fsp3) is 0.179. The van der Waals surface area contributed by atoms with Gasteiger partial charge in [0, 0.05) is 17.0 Å². The Kier molecular flexibility index (Phi) is 7.36. The lowest BCUT2D eigenvalue weighted by molar-refractivity contribution is -0.384. The Balaban J connectivity index is 1.63. The number of nitro groups is 1. The van der Waals surface area contributed by atoms with Gasteiger partial charge in [0.25, 0.3) is 11.2 Å². The standard InChI is InChI=1S/C28H23N3O6S2/c1-4-36-27(33)24-16(2)29-28-30(25(24)17-9-12-19(38-3)13-10-17)26(32)23(39-28)15-18-11-14-22(37-18)20-7-5-6-8-21(20)31(34)35/h5-15,25H,4H2,1-3H3/b23-15-/t25-/m1/s1. The Bertz CT molecular complexity index is 1800. The van der Waals surface area contributed by atoms with Crippen molar-refractivity contribution in [2.45, 2.75) is 24.8 Å². The van der Waals surface area contributed by atoms with Gasteiger partial charge in [0.05, 0.1) is 38.9 Å². The van der Waals surface area contributed by atoms with Crippen LogP contribution < -0.4 is 14.9 Å². The number of carbonyl (C=O) groups is 1. The third-order valence-corrected chi connectivity index (χ3v) is 7.94. The predicted octanol–water partition coefficient (Wildman–Crippen LogP) is 4.69. The summed E-state index contributed by atoms with van der Waals surface area (Å²) in [5.41, 5.74) is 1.48. The molecule has 9 nitrogen and oxygen atoms in total. The second-order valence-electron chi connectivity index (χ2n) is 8.55. The molecule has 198 valence electrons. The van der Waals surface area contributed by atoms with Crippen molar-refractivity contribution in [3.8, 4) is 11.3 Å². The third kappa shape index (κ3) is 4.98. The average Bonchev–Trinajstić information content (AvgIpc) is 3.52. The first-order valence-corrected chi connectivity index (χ1v) is 14.0. The van der Waals surface area contributed by atoms with Gasteiger partial charge in [-0.05, 0) is 56.0 Å². The number of nitro benzene ring substituents is 1. The van der Waals surface area contributed by atoms with Gasteiger partial charge in [0.1, 0.15) is 11.5 Å². The largest absolute Gasteiger partial charge is 0.463 e. The molecule has 0 unspecified atom stereocenters. The molecule has 0 amide bonds. The molecule has 0 bridgehead atoms. The molecule has 0 aliphatic carbocycles. The molecule has 0 fully saturated rings. The molecule has 1 aliphatic rings. The van der Waals surface area contributed by atoms with E-state index in [1.807, 2.05) is 30.5 Å². The number of furan rings is 1. The molecule has 1 atom stereocenters. The van der Waals surface area contributed by atoms with Crippen LogP contribution in [0.25, 0.3) is 17.4 Å². The molecule has 11 heteroatoms. The molecule has 39 heavy (non-hydrogen) atoms. The van der Waals surface area contributed by atoms with Crippen LogP contribution in [0.4, 0.5) is 5.69 Å². The number of rotatable bonds is 7. The number of benzene rings is 2. The van der Waals surface area contributed by atoms with Gasteiger partial charge in [-0.1, -0.05) is 35.6 Å². The van der Waals surface area contributed by atoms with Crippen LogP contribution in [0.3, 0.4) is 0 Å². The number of carbonyl (C=O) groups excluding carboxylic acids is 1. The summed E-state index contributed by atoms with van der Waals surface area (Å²) in [6.45, 7) is 3.66. The van der Waals surface area contributed by atoms with E-state index in [2.05, 4.69) is 4.99 Å². The highest BCUT2D eigenvalue weighted by molar-refractivity contribution is 7.98. The summed E-state index contributed by atoms with van der Waals surface area (Å²) in [5, 5.41) is 11.4. The Labute approximate surface area is 230 Å². The lowest BCUT2D eigenvalue weighted by atomic mass is 9.96. The van der Waals surface area contributed by atoms with Gasteiger partial charge in [0.2, 0.25) is 0 Å². The molecule has 0 saturated heterocycles. The molecule has 0 radical (unpaired) electrons. The van der Waals surface area contributed by atoms with Crippen molar-refractivity contribution in [3.63, 3.8) is 0 Å². The summed E-state index contributed by atoms with van der Waals surface area (Å²) in [6.07, 6.45) is 3.56. The zero-order valence-electron chi connectivity index (χ0n) is 21.2. The number of thiazole rings is 1. The zero-order chi connectivity index (χ0) is 27.7. The van der Waals surface area contributed by atoms with E-state index in [1.165, 1.54) is 22.0 Å². The van der Waals surface area contributed by atoms with Crippen molar-refractivity contribution in [2.75, 3.05) is 12.9 Å². The molecule has 0 saturated carbocycles. The lowest BCUT2D eigenvalue weighted by Crippen LogP contribution is -2.39. The van der Waals surface area contributed by atoms with Gasteiger partial charge in [-0.3, -0.25) is 19.5 Å². The zero-order valence-corrected chi connectivity index (χ0v) is 22.9. The van der Waals surface area contributed by atoms with Crippen LogP contribution in [0.1, 0.15) is 31.2 Å². The minimum atomic E-state index is -0.711. The molecule has 0 N–H and O–H groups in total. The van der Waals surface area contributed by atoms with Gasteiger partial charge >= 0.3 is 5.97 Å². The van der Waals surface area contributed by atoms with E-state index in [9.17, 15) is 19.7 Å². The lowest BCUT2D eigenvalue weighted by Gasteiger charge is -2.24. The Morgan fingerprint density at radius 3 is 2.64 bits per heavy atom. The molecule has 3 heterocycles. The van der Waals surface area contributed by atoms with Crippen molar-refractivity contribution >= 4 is 40.8 Å². The summed E-state index contributed by atoms with van der Waals surface area (Å²) < 4.78 is 13.1. The van der Waals surface area contributed by atoms with Crippen LogP contribution in [-0.4, -0.2) is 28.3 Å². The topological polar surface area (TPSA) is 117 Å². The van der Waals surface area contributed by atoms with E-state index in [0.29, 0.717) is 37.7 Å². The summed E-state index contributed by atoms with van der Waals surface area (Å²) in [7, 11) is 0.